The molecule has 10 heavy (non-hydrogen) atoms. The van der Waals surface area contributed by atoms with Crippen LogP contribution in [-0.4, -0.2) is 27.6 Å². The predicted molar refractivity (Wildman–Crippen MR) is 56.2 cm³/mol. The van der Waals surface area contributed by atoms with Crippen LogP contribution in [0.15, 0.2) is 12.7 Å². The van der Waals surface area contributed by atoms with E-state index in [0.29, 0.717) is 0 Å². The van der Waals surface area contributed by atoms with Gasteiger partial charge < -0.3 is 0 Å². The predicted octanol–water partition coefficient (Wildman–Crippen LogP) is 2.71. The van der Waals surface area contributed by atoms with Gasteiger partial charge in [0.2, 0.25) is 0 Å². The maximum Gasteiger partial charge on any atom is 0.0395 e. The van der Waals surface area contributed by atoms with Crippen LogP contribution in [0.5, 0.6) is 0 Å². The molecule has 0 aromatic rings. The molecule has 58 valence electrons. The molecule has 0 spiro atoms. The second kappa shape index (κ2) is 5.44. The van der Waals surface area contributed by atoms with E-state index in [9.17, 15) is 0 Å². The van der Waals surface area contributed by atoms with Crippen molar-refractivity contribution in [2.24, 2.45) is 0 Å². The molecule has 1 fully saturated rings. The summed E-state index contributed by atoms with van der Waals surface area (Å²) in [5.74, 6) is 3.86. The minimum atomic E-state index is 0.995. The molecule has 0 radical (unpaired) electrons. The van der Waals surface area contributed by atoms with Gasteiger partial charge in [0, 0.05) is 27.6 Å². The Hall–Kier alpha value is 0.790. The van der Waals surface area contributed by atoms with Crippen LogP contribution in [0.2, 0.25) is 0 Å². The topological polar surface area (TPSA) is 0 Å². The van der Waals surface area contributed by atoms with E-state index in [1.54, 1.807) is 0 Å². The van der Waals surface area contributed by atoms with Crippen LogP contribution in [-0.2, 0) is 0 Å². The molecule has 1 heterocycles. The number of hydrogen-bond acceptors (Lipinski definition) is 3. The van der Waals surface area contributed by atoms with Gasteiger partial charge in [0.15, 0.2) is 0 Å². The lowest BCUT2D eigenvalue weighted by molar-refractivity contribution is 1.27. The smallest absolute Gasteiger partial charge is 0.0395 e. The maximum atomic E-state index is 3.67. The lowest BCUT2D eigenvalue weighted by Crippen LogP contribution is -1.87. The van der Waals surface area contributed by atoms with Gasteiger partial charge in [-0.05, 0) is 0 Å². The van der Waals surface area contributed by atoms with Gasteiger partial charge in [-0.15, -0.1) is 30.1 Å². The van der Waals surface area contributed by atoms with Gasteiger partial charge in [-0.3, -0.25) is 0 Å². The molecule has 0 nitrogen and oxygen atoms in total. The second-order valence-corrected chi connectivity index (χ2v) is 5.86. The third-order valence-electron chi connectivity index (χ3n) is 1.11. The molecule has 0 saturated carbocycles. The molecule has 0 aliphatic carbocycles. The van der Waals surface area contributed by atoms with Gasteiger partial charge >= 0.3 is 0 Å². The summed E-state index contributed by atoms with van der Waals surface area (Å²) in [6.07, 6.45) is 1.97. The van der Waals surface area contributed by atoms with Crippen molar-refractivity contribution in [3.8, 4) is 0 Å². The number of rotatable bonds is 6. The Bertz CT molecular complexity index is 99.0. The second-order valence-electron chi connectivity index (χ2n) is 2.10. The summed E-state index contributed by atoms with van der Waals surface area (Å²) < 4.78 is 0. The Morgan fingerprint density at radius 2 is 2.40 bits per heavy atom. The van der Waals surface area contributed by atoms with E-state index >= 15 is 0 Å². The number of hydrogen-bond donors (Lipinski definition) is 0. The molecule has 1 aliphatic heterocycles. The quantitative estimate of drug-likeness (QED) is 0.275. The largest absolute Gasteiger partial charge is 0.156 e. The molecule has 1 saturated heterocycles. The molecule has 0 aromatic heterocycles. The Morgan fingerprint density at radius 3 is 3.00 bits per heavy atom. The van der Waals surface area contributed by atoms with Crippen molar-refractivity contribution < 1.29 is 0 Å². The summed E-state index contributed by atoms with van der Waals surface area (Å²) in [4.78, 5) is 0. The minimum Gasteiger partial charge on any atom is -0.156 e. The van der Waals surface area contributed by atoms with Crippen LogP contribution in [0.4, 0.5) is 0 Å². The van der Waals surface area contributed by atoms with Crippen LogP contribution in [0.3, 0.4) is 0 Å². The first-order valence-electron chi connectivity index (χ1n) is 3.31. The lowest BCUT2D eigenvalue weighted by Gasteiger charge is -1.95. The number of thioether (sulfide) groups is 3. The van der Waals surface area contributed by atoms with Crippen LogP contribution in [0, 0.1) is 0 Å². The van der Waals surface area contributed by atoms with Crippen LogP contribution in [0.1, 0.15) is 0 Å². The first kappa shape index (κ1) is 8.88. The van der Waals surface area contributed by atoms with E-state index in [-0.39, 0.29) is 0 Å². The van der Waals surface area contributed by atoms with E-state index in [4.69, 9.17) is 0 Å². The summed E-state index contributed by atoms with van der Waals surface area (Å²) in [6.45, 7) is 3.67. The summed E-state index contributed by atoms with van der Waals surface area (Å²) >= 11 is 6.10. The Balaban J connectivity index is 1.72. The van der Waals surface area contributed by atoms with Crippen molar-refractivity contribution in [3.05, 3.63) is 12.7 Å². The van der Waals surface area contributed by atoms with E-state index < -0.39 is 0 Å². The molecule has 0 aromatic carbocycles. The first-order valence-corrected chi connectivity index (χ1v) is 6.67. The minimum absolute atomic E-state index is 0.995. The fourth-order valence-electron chi connectivity index (χ4n) is 0.534. The Labute approximate surface area is 75.6 Å². The SMILES string of the molecule is C=CCSCSCC1CS1. The highest BCUT2D eigenvalue weighted by Crippen LogP contribution is 2.33. The van der Waals surface area contributed by atoms with Gasteiger partial charge in [0.05, 0.1) is 0 Å². The van der Waals surface area contributed by atoms with Gasteiger partial charge in [0.1, 0.15) is 0 Å². The molecule has 0 bridgehead atoms. The van der Waals surface area contributed by atoms with Crippen molar-refractivity contribution in [2.45, 2.75) is 5.25 Å². The maximum absolute atomic E-state index is 3.67. The van der Waals surface area contributed by atoms with Crippen molar-refractivity contribution in [3.63, 3.8) is 0 Å². The summed E-state index contributed by atoms with van der Waals surface area (Å²) in [5, 5.41) is 2.23. The highest BCUT2D eigenvalue weighted by Gasteiger charge is 2.21. The van der Waals surface area contributed by atoms with Gasteiger partial charge in [0.25, 0.3) is 0 Å². The zero-order valence-electron chi connectivity index (χ0n) is 5.91. The van der Waals surface area contributed by atoms with Crippen LogP contribution < -0.4 is 0 Å². The molecular formula is C7H12S3. The summed E-state index contributed by atoms with van der Waals surface area (Å²) in [7, 11) is 0. The lowest BCUT2D eigenvalue weighted by atomic mass is 10.6. The molecule has 1 rings (SSSR count). The van der Waals surface area contributed by atoms with Crippen molar-refractivity contribution >= 4 is 35.3 Å². The third-order valence-corrected chi connectivity index (χ3v) is 4.73. The molecule has 1 aliphatic rings. The van der Waals surface area contributed by atoms with E-state index in [0.717, 1.165) is 11.0 Å². The zero-order chi connectivity index (χ0) is 7.23. The first-order chi connectivity index (χ1) is 4.93. The van der Waals surface area contributed by atoms with Gasteiger partial charge in [-0.25, -0.2) is 0 Å². The molecule has 1 unspecified atom stereocenters. The Morgan fingerprint density at radius 1 is 1.60 bits per heavy atom. The van der Waals surface area contributed by atoms with Gasteiger partial charge in [-0.1, -0.05) is 6.08 Å². The highest BCUT2D eigenvalue weighted by molar-refractivity contribution is 8.16. The summed E-state index contributed by atoms with van der Waals surface area (Å²) in [5.41, 5.74) is 0. The van der Waals surface area contributed by atoms with Crippen LogP contribution in [0.25, 0.3) is 0 Å². The van der Waals surface area contributed by atoms with Crippen molar-refractivity contribution in [1.29, 1.82) is 0 Å². The molecule has 1 atom stereocenters. The monoisotopic (exact) mass is 192 g/mol. The Kier molecular flexibility index (Phi) is 4.83. The standard InChI is InChI=1S/C7H12S3/c1-2-3-8-6-9-4-7-5-10-7/h2,7H,1,3-6H2. The van der Waals surface area contributed by atoms with E-state index in [1.807, 2.05) is 17.8 Å². The van der Waals surface area contributed by atoms with Crippen LogP contribution >= 0.6 is 35.3 Å². The fourth-order valence-corrected chi connectivity index (χ4v) is 3.40. The zero-order valence-corrected chi connectivity index (χ0v) is 8.36. The average Bonchev–Trinajstić information content (AvgIpc) is 2.71. The summed E-state index contributed by atoms with van der Waals surface area (Å²) in [6, 6.07) is 0. The normalized spacial score (nSPS) is 22.6. The van der Waals surface area contributed by atoms with Crippen molar-refractivity contribution in [2.75, 3.05) is 22.3 Å². The highest BCUT2D eigenvalue weighted by atomic mass is 32.2. The molecule has 0 amide bonds. The van der Waals surface area contributed by atoms with E-state index in [1.165, 1.54) is 16.6 Å². The van der Waals surface area contributed by atoms with Crippen molar-refractivity contribution in [1.82, 2.24) is 0 Å². The fraction of sp³-hybridized carbons (Fsp3) is 0.714. The molecular weight excluding hydrogens is 180 g/mol. The van der Waals surface area contributed by atoms with E-state index in [2.05, 4.69) is 30.1 Å². The molecule has 3 heteroatoms. The third kappa shape index (κ3) is 4.58. The average molecular weight is 192 g/mol. The van der Waals surface area contributed by atoms with Gasteiger partial charge in [-0.2, -0.15) is 11.8 Å². The molecule has 0 N–H and O–H groups in total.